The summed E-state index contributed by atoms with van der Waals surface area (Å²) in [5.74, 6) is -0.381. The Labute approximate surface area is 126 Å². The molecular formula is C16H24N2O3. The minimum Gasteiger partial charge on any atom is -0.465 e. The Morgan fingerprint density at radius 2 is 1.86 bits per heavy atom. The van der Waals surface area contributed by atoms with Crippen LogP contribution in [0.5, 0.6) is 0 Å². The molecular weight excluding hydrogens is 268 g/mol. The fourth-order valence-corrected chi connectivity index (χ4v) is 1.92. The zero-order valence-electron chi connectivity index (χ0n) is 12.8. The van der Waals surface area contributed by atoms with Crippen LogP contribution in [0.15, 0.2) is 30.3 Å². The van der Waals surface area contributed by atoms with E-state index in [1.165, 1.54) is 0 Å². The van der Waals surface area contributed by atoms with Crippen LogP contribution in [0, 0.1) is 0 Å². The number of rotatable bonds is 9. The first kappa shape index (κ1) is 17.2. The molecule has 0 unspecified atom stereocenters. The molecule has 0 saturated heterocycles. The Kier molecular flexibility index (Phi) is 8.12. The van der Waals surface area contributed by atoms with Gasteiger partial charge in [-0.2, -0.15) is 0 Å². The summed E-state index contributed by atoms with van der Waals surface area (Å²) in [5, 5.41) is 2.82. The summed E-state index contributed by atoms with van der Waals surface area (Å²) < 4.78 is 4.96. The van der Waals surface area contributed by atoms with Crippen LogP contribution in [-0.2, 0) is 20.9 Å². The van der Waals surface area contributed by atoms with Gasteiger partial charge in [0.05, 0.1) is 19.7 Å². The summed E-state index contributed by atoms with van der Waals surface area (Å²) in [7, 11) is 0. The predicted octanol–water partition coefficient (Wildman–Crippen LogP) is 1.58. The average Bonchev–Trinajstić information content (AvgIpc) is 2.46. The van der Waals surface area contributed by atoms with Gasteiger partial charge in [0.25, 0.3) is 0 Å². The number of benzene rings is 1. The van der Waals surface area contributed by atoms with E-state index in [2.05, 4.69) is 5.32 Å². The largest absolute Gasteiger partial charge is 0.465 e. The van der Waals surface area contributed by atoms with Crippen molar-refractivity contribution in [3.05, 3.63) is 35.9 Å². The molecule has 0 atom stereocenters. The number of ether oxygens (including phenoxy) is 1. The molecule has 116 valence electrons. The second-order valence-corrected chi connectivity index (χ2v) is 4.79. The van der Waals surface area contributed by atoms with Crippen molar-refractivity contribution < 1.29 is 14.3 Å². The minimum absolute atomic E-state index is 0.0721. The molecule has 21 heavy (non-hydrogen) atoms. The Balaban J connectivity index is 2.60. The van der Waals surface area contributed by atoms with E-state index < -0.39 is 0 Å². The van der Waals surface area contributed by atoms with Gasteiger partial charge in [-0.05, 0) is 18.9 Å². The van der Waals surface area contributed by atoms with Crippen LogP contribution in [0.25, 0.3) is 0 Å². The molecule has 0 bridgehead atoms. The Bertz CT molecular complexity index is 434. The van der Waals surface area contributed by atoms with Crippen LogP contribution in [0.4, 0.5) is 0 Å². The van der Waals surface area contributed by atoms with Crippen molar-refractivity contribution in [1.29, 1.82) is 0 Å². The number of carbonyl (C=O) groups excluding carboxylic acids is 2. The second-order valence-electron chi connectivity index (χ2n) is 4.79. The number of carbonyl (C=O) groups is 2. The molecule has 0 saturated carbocycles. The zero-order valence-corrected chi connectivity index (χ0v) is 12.8. The highest BCUT2D eigenvalue weighted by Crippen LogP contribution is 2.04. The predicted molar refractivity (Wildman–Crippen MR) is 81.7 cm³/mol. The molecule has 1 N–H and O–H groups in total. The van der Waals surface area contributed by atoms with Crippen LogP contribution < -0.4 is 5.32 Å². The summed E-state index contributed by atoms with van der Waals surface area (Å²) in [5.41, 5.74) is 1.06. The molecule has 0 aromatic heterocycles. The van der Waals surface area contributed by atoms with Crippen LogP contribution in [0.2, 0.25) is 0 Å². The van der Waals surface area contributed by atoms with Crippen LogP contribution in [0.1, 0.15) is 25.8 Å². The molecule has 5 nitrogen and oxygen atoms in total. The Morgan fingerprint density at radius 1 is 1.14 bits per heavy atom. The van der Waals surface area contributed by atoms with Crippen molar-refractivity contribution in [1.82, 2.24) is 10.2 Å². The molecule has 1 aromatic carbocycles. The van der Waals surface area contributed by atoms with Gasteiger partial charge in [-0.15, -0.1) is 0 Å². The lowest BCUT2D eigenvalue weighted by molar-refractivity contribution is -0.144. The van der Waals surface area contributed by atoms with Crippen molar-refractivity contribution in [3.63, 3.8) is 0 Å². The summed E-state index contributed by atoms with van der Waals surface area (Å²) in [6.45, 7) is 5.61. The first-order chi connectivity index (χ1) is 10.2. The van der Waals surface area contributed by atoms with E-state index in [1.807, 2.05) is 37.3 Å². The molecule has 0 radical (unpaired) electrons. The lowest BCUT2D eigenvalue weighted by Crippen LogP contribution is -2.40. The van der Waals surface area contributed by atoms with Gasteiger partial charge in [-0.3, -0.25) is 14.5 Å². The zero-order chi connectivity index (χ0) is 15.5. The molecule has 0 aliphatic rings. The highest BCUT2D eigenvalue weighted by molar-refractivity contribution is 5.79. The van der Waals surface area contributed by atoms with E-state index in [1.54, 1.807) is 11.8 Å². The second kappa shape index (κ2) is 9.94. The normalized spacial score (nSPS) is 10.4. The van der Waals surface area contributed by atoms with E-state index in [0.29, 0.717) is 19.7 Å². The Hall–Kier alpha value is -1.88. The molecule has 0 spiro atoms. The topological polar surface area (TPSA) is 58.6 Å². The highest BCUT2D eigenvalue weighted by Gasteiger charge is 2.15. The van der Waals surface area contributed by atoms with Gasteiger partial charge >= 0.3 is 5.97 Å². The molecule has 0 aliphatic carbocycles. The number of hydrogen-bond donors (Lipinski definition) is 1. The molecule has 0 aliphatic heterocycles. The van der Waals surface area contributed by atoms with E-state index >= 15 is 0 Å². The molecule has 0 heterocycles. The van der Waals surface area contributed by atoms with Gasteiger partial charge in [0, 0.05) is 13.1 Å². The third-order valence-electron chi connectivity index (χ3n) is 2.85. The maximum Gasteiger partial charge on any atom is 0.320 e. The quantitative estimate of drug-likeness (QED) is 0.702. The monoisotopic (exact) mass is 292 g/mol. The third kappa shape index (κ3) is 7.46. The van der Waals surface area contributed by atoms with Crippen molar-refractivity contribution in [2.45, 2.75) is 26.8 Å². The highest BCUT2D eigenvalue weighted by atomic mass is 16.5. The minimum atomic E-state index is -0.309. The van der Waals surface area contributed by atoms with Crippen molar-refractivity contribution in [2.75, 3.05) is 26.2 Å². The summed E-state index contributed by atoms with van der Waals surface area (Å²) >= 11 is 0. The van der Waals surface area contributed by atoms with Crippen molar-refractivity contribution >= 4 is 11.9 Å². The maximum atomic E-state index is 11.8. The molecule has 1 aromatic rings. The fraction of sp³-hybridized carbons (Fsp3) is 0.500. The summed E-state index contributed by atoms with van der Waals surface area (Å²) in [4.78, 5) is 25.3. The van der Waals surface area contributed by atoms with Gasteiger partial charge < -0.3 is 10.1 Å². The lowest BCUT2D eigenvalue weighted by atomic mass is 10.2. The van der Waals surface area contributed by atoms with E-state index in [9.17, 15) is 9.59 Å². The number of amides is 1. The maximum absolute atomic E-state index is 11.8. The standard InChI is InChI=1S/C16H24N2O3/c1-3-10-17-15(19)12-18(13-16(20)21-4-2)11-14-8-6-5-7-9-14/h5-9H,3-4,10-13H2,1-2H3,(H,17,19). The summed E-state index contributed by atoms with van der Waals surface area (Å²) in [6.07, 6.45) is 0.891. The van der Waals surface area contributed by atoms with Crippen LogP contribution >= 0.6 is 0 Å². The molecule has 0 fully saturated rings. The van der Waals surface area contributed by atoms with E-state index in [4.69, 9.17) is 4.74 Å². The first-order valence-electron chi connectivity index (χ1n) is 7.34. The fourth-order valence-electron chi connectivity index (χ4n) is 1.92. The first-order valence-corrected chi connectivity index (χ1v) is 7.34. The van der Waals surface area contributed by atoms with Gasteiger partial charge in [0.2, 0.25) is 5.91 Å². The van der Waals surface area contributed by atoms with Gasteiger partial charge in [0.15, 0.2) is 0 Å². The lowest BCUT2D eigenvalue weighted by Gasteiger charge is -2.20. The number of esters is 1. The van der Waals surface area contributed by atoms with E-state index in [-0.39, 0.29) is 25.0 Å². The van der Waals surface area contributed by atoms with Gasteiger partial charge in [-0.1, -0.05) is 37.3 Å². The molecule has 1 amide bonds. The van der Waals surface area contributed by atoms with Gasteiger partial charge in [-0.25, -0.2) is 0 Å². The third-order valence-corrected chi connectivity index (χ3v) is 2.85. The number of nitrogens with one attached hydrogen (secondary N) is 1. The van der Waals surface area contributed by atoms with Crippen LogP contribution in [-0.4, -0.2) is 43.0 Å². The molecule has 1 rings (SSSR count). The average molecular weight is 292 g/mol. The Morgan fingerprint density at radius 3 is 2.48 bits per heavy atom. The molecule has 5 heteroatoms. The SMILES string of the molecule is CCCNC(=O)CN(CC(=O)OCC)Cc1ccccc1. The number of nitrogens with zero attached hydrogens (tertiary/aromatic N) is 1. The van der Waals surface area contributed by atoms with Crippen LogP contribution in [0.3, 0.4) is 0 Å². The summed E-state index contributed by atoms with van der Waals surface area (Å²) in [6, 6.07) is 9.77. The van der Waals surface area contributed by atoms with Gasteiger partial charge in [0.1, 0.15) is 0 Å². The smallest absolute Gasteiger partial charge is 0.320 e. The van der Waals surface area contributed by atoms with E-state index in [0.717, 1.165) is 12.0 Å². The number of hydrogen-bond acceptors (Lipinski definition) is 4. The van der Waals surface area contributed by atoms with Crippen molar-refractivity contribution in [3.8, 4) is 0 Å². The van der Waals surface area contributed by atoms with Crippen molar-refractivity contribution in [2.24, 2.45) is 0 Å².